The van der Waals surface area contributed by atoms with E-state index >= 15 is 0 Å². The second-order valence-corrected chi connectivity index (χ2v) is 7.12. The molecule has 1 atom stereocenters. The molecule has 3 N–H and O–H groups in total. The molecular weight excluding hydrogens is 338 g/mol. The van der Waals surface area contributed by atoms with Crippen LogP contribution in [0.1, 0.15) is 40.4 Å². The lowest BCUT2D eigenvalue weighted by Crippen LogP contribution is -2.39. The molecule has 0 saturated carbocycles. The van der Waals surface area contributed by atoms with E-state index in [1.54, 1.807) is 18.5 Å². The molecular formula is C21H23N5O. The van der Waals surface area contributed by atoms with E-state index in [0.717, 1.165) is 36.2 Å². The highest BCUT2D eigenvalue weighted by atomic mass is 16.2. The van der Waals surface area contributed by atoms with Crippen LogP contribution in [-0.4, -0.2) is 39.1 Å². The summed E-state index contributed by atoms with van der Waals surface area (Å²) < 4.78 is 0. The predicted molar refractivity (Wildman–Crippen MR) is 105 cm³/mol. The maximum atomic E-state index is 12.9. The number of piperidine rings is 1. The molecule has 0 bridgehead atoms. The number of amides is 1. The van der Waals surface area contributed by atoms with Crippen LogP contribution in [0.5, 0.6) is 0 Å². The van der Waals surface area contributed by atoms with Gasteiger partial charge in [0.2, 0.25) is 0 Å². The largest absolute Gasteiger partial charge is 0.398 e. The van der Waals surface area contributed by atoms with Crippen LogP contribution in [-0.2, 0) is 0 Å². The standard InChI is InChI=1S/C21H23N5O/c1-14-4-6-15(7-5-14)17-12-24-25-20(17)16-3-2-10-26(13-16)21(27)18-11-23-9-8-19(18)22/h4-9,11-12,16H,2-3,10,13H2,1H3,(H2,22,23)(H,24,25). The molecule has 138 valence electrons. The Labute approximate surface area is 158 Å². The molecule has 1 aliphatic heterocycles. The molecule has 1 fully saturated rings. The molecule has 1 unspecified atom stereocenters. The first-order valence-corrected chi connectivity index (χ1v) is 9.22. The lowest BCUT2D eigenvalue weighted by atomic mass is 9.90. The van der Waals surface area contributed by atoms with Crippen LogP contribution in [0.15, 0.2) is 48.9 Å². The zero-order valence-corrected chi connectivity index (χ0v) is 15.4. The Kier molecular flexibility index (Phi) is 4.62. The number of carbonyl (C=O) groups is 1. The van der Waals surface area contributed by atoms with Gasteiger partial charge in [0.15, 0.2) is 0 Å². The molecule has 1 aromatic carbocycles. The Hall–Kier alpha value is -3.15. The SMILES string of the molecule is Cc1ccc(-c2cn[nH]c2C2CCCN(C(=O)c3cnccc3N)C2)cc1. The fourth-order valence-electron chi connectivity index (χ4n) is 3.72. The Morgan fingerprint density at radius 3 is 2.81 bits per heavy atom. The summed E-state index contributed by atoms with van der Waals surface area (Å²) in [5.74, 6) is 0.168. The van der Waals surface area contributed by atoms with Crippen LogP contribution in [0.4, 0.5) is 5.69 Å². The van der Waals surface area contributed by atoms with Crippen molar-refractivity contribution in [3.05, 3.63) is 65.7 Å². The number of likely N-dealkylation sites (tertiary alicyclic amines) is 1. The molecule has 3 aromatic rings. The summed E-state index contributed by atoms with van der Waals surface area (Å²) >= 11 is 0. The minimum atomic E-state index is -0.0540. The van der Waals surface area contributed by atoms with E-state index in [1.165, 1.54) is 5.56 Å². The second-order valence-electron chi connectivity index (χ2n) is 7.12. The van der Waals surface area contributed by atoms with Crippen molar-refractivity contribution in [3.8, 4) is 11.1 Å². The monoisotopic (exact) mass is 361 g/mol. The molecule has 0 aliphatic carbocycles. The highest BCUT2D eigenvalue weighted by molar-refractivity contribution is 5.98. The van der Waals surface area contributed by atoms with E-state index in [1.807, 2.05) is 11.1 Å². The summed E-state index contributed by atoms with van der Waals surface area (Å²) in [6.45, 7) is 3.46. The van der Waals surface area contributed by atoms with Crippen molar-refractivity contribution in [1.82, 2.24) is 20.1 Å². The zero-order valence-electron chi connectivity index (χ0n) is 15.4. The highest BCUT2D eigenvalue weighted by Gasteiger charge is 2.29. The van der Waals surface area contributed by atoms with Gasteiger partial charge in [0, 0.05) is 48.3 Å². The van der Waals surface area contributed by atoms with Gasteiger partial charge in [0.05, 0.1) is 11.8 Å². The Balaban J connectivity index is 1.58. The molecule has 1 aliphatic rings. The summed E-state index contributed by atoms with van der Waals surface area (Å²) in [4.78, 5) is 18.8. The molecule has 27 heavy (non-hydrogen) atoms. The minimum absolute atomic E-state index is 0.0540. The number of rotatable bonds is 3. The van der Waals surface area contributed by atoms with Crippen molar-refractivity contribution in [2.75, 3.05) is 18.8 Å². The van der Waals surface area contributed by atoms with Gasteiger partial charge in [0.1, 0.15) is 0 Å². The molecule has 1 amide bonds. The van der Waals surface area contributed by atoms with Crippen molar-refractivity contribution in [3.63, 3.8) is 0 Å². The maximum absolute atomic E-state index is 12.9. The fraction of sp³-hybridized carbons (Fsp3) is 0.286. The number of hydrogen-bond acceptors (Lipinski definition) is 4. The van der Waals surface area contributed by atoms with Crippen LogP contribution in [0.3, 0.4) is 0 Å². The second kappa shape index (κ2) is 7.23. The lowest BCUT2D eigenvalue weighted by molar-refractivity contribution is 0.0706. The third kappa shape index (κ3) is 3.43. The van der Waals surface area contributed by atoms with Gasteiger partial charge in [-0.25, -0.2) is 0 Å². The van der Waals surface area contributed by atoms with Crippen molar-refractivity contribution >= 4 is 11.6 Å². The number of carbonyl (C=O) groups excluding carboxylic acids is 1. The molecule has 6 heteroatoms. The molecule has 3 heterocycles. The third-order valence-electron chi connectivity index (χ3n) is 5.23. The number of hydrogen-bond donors (Lipinski definition) is 2. The van der Waals surface area contributed by atoms with E-state index in [4.69, 9.17) is 5.73 Å². The normalized spacial score (nSPS) is 17.1. The molecule has 6 nitrogen and oxygen atoms in total. The zero-order chi connectivity index (χ0) is 18.8. The van der Waals surface area contributed by atoms with E-state index in [2.05, 4.69) is 46.4 Å². The number of aromatic amines is 1. The fourth-order valence-corrected chi connectivity index (χ4v) is 3.72. The first-order chi connectivity index (χ1) is 13.1. The predicted octanol–water partition coefficient (Wildman–Crippen LogP) is 3.38. The van der Waals surface area contributed by atoms with Gasteiger partial charge in [-0.2, -0.15) is 5.10 Å². The summed E-state index contributed by atoms with van der Waals surface area (Å²) in [6, 6.07) is 10.1. The average molecular weight is 361 g/mol. The summed E-state index contributed by atoms with van der Waals surface area (Å²) in [7, 11) is 0. The minimum Gasteiger partial charge on any atom is -0.398 e. The van der Waals surface area contributed by atoms with Crippen molar-refractivity contribution in [1.29, 1.82) is 0 Å². The first kappa shape index (κ1) is 17.3. The van der Waals surface area contributed by atoms with Crippen LogP contribution in [0.25, 0.3) is 11.1 Å². The number of pyridine rings is 1. The number of nitrogens with one attached hydrogen (secondary N) is 1. The van der Waals surface area contributed by atoms with Gasteiger partial charge in [0.25, 0.3) is 5.91 Å². The maximum Gasteiger partial charge on any atom is 0.257 e. The van der Waals surface area contributed by atoms with Crippen LogP contribution in [0.2, 0.25) is 0 Å². The van der Waals surface area contributed by atoms with Crippen molar-refractivity contribution < 1.29 is 4.79 Å². The van der Waals surface area contributed by atoms with Gasteiger partial charge in [-0.05, 0) is 31.4 Å². The number of nitrogen functional groups attached to an aromatic ring is 1. The molecule has 2 aromatic heterocycles. The van der Waals surface area contributed by atoms with Gasteiger partial charge in [-0.3, -0.25) is 14.9 Å². The van der Waals surface area contributed by atoms with E-state index in [9.17, 15) is 4.79 Å². The quantitative estimate of drug-likeness (QED) is 0.748. The number of aromatic nitrogens is 3. The Morgan fingerprint density at radius 1 is 1.22 bits per heavy atom. The number of nitrogens with zero attached hydrogens (tertiary/aromatic N) is 3. The summed E-state index contributed by atoms with van der Waals surface area (Å²) in [5, 5.41) is 7.45. The first-order valence-electron chi connectivity index (χ1n) is 9.22. The number of nitrogens with two attached hydrogens (primary N) is 1. The molecule has 0 spiro atoms. The Morgan fingerprint density at radius 2 is 2.04 bits per heavy atom. The summed E-state index contributed by atoms with van der Waals surface area (Å²) in [6.07, 6.45) is 6.99. The van der Waals surface area contributed by atoms with Gasteiger partial charge in [-0.1, -0.05) is 29.8 Å². The highest BCUT2D eigenvalue weighted by Crippen LogP contribution is 2.33. The number of benzene rings is 1. The van der Waals surface area contributed by atoms with Gasteiger partial charge >= 0.3 is 0 Å². The topological polar surface area (TPSA) is 87.9 Å². The van der Waals surface area contributed by atoms with Crippen LogP contribution >= 0.6 is 0 Å². The van der Waals surface area contributed by atoms with E-state index in [0.29, 0.717) is 17.8 Å². The van der Waals surface area contributed by atoms with Gasteiger partial charge in [-0.15, -0.1) is 0 Å². The average Bonchev–Trinajstić information content (AvgIpc) is 3.18. The lowest BCUT2D eigenvalue weighted by Gasteiger charge is -2.33. The van der Waals surface area contributed by atoms with E-state index < -0.39 is 0 Å². The van der Waals surface area contributed by atoms with Crippen LogP contribution < -0.4 is 5.73 Å². The molecule has 4 rings (SSSR count). The van der Waals surface area contributed by atoms with E-state index in [-0.39, 0.29) is 11.8 Å². The third-order valence-corrected chi connectivity index (χ3v) is 5.23. The number of aryl methyl sites for hydroxylation is 1. The number of anilines is 1. The van der Waals surface area contributed by atoms with Crippen molar-refractivity contribution in [2.45, 2.75) is 25.7 Å². The van der Waals surface area contributed by atoms with Crippen molar-refractivity contribution in [2.24, 2.45) is 0 Å². The number of H-pyrrole nitrogens is 1. The Bertz CT molecular complexity index is 947. The smallest absolute Gasteiger partial charge is 0.257 e. The van der Waals surface area contributed by atoms with Crippen LogP contribution in [0, 0.1) is 6.92 Å². The summed E-state index contributed by atoms with van der Waals surface area (Å²) in [5.41, 5.74) is 11.5. The molecule has 1 saturated heterocycles. The van der Waals surface area contributed by atoms with Gasteiger partial charge < -0.3 is 10.6 Å². The molecule has 0 radical (unpaired) electrons.